The monoisotopic (exact) mass is 273 g/mol. The number of hydrogen-bond donors (Lipinski definition) is 1. The molecule has 1 aliphatic rings. The fourth-order valence-electron chi connectivity index (χ4n) is 2.44. The normalized spacial score (nSPS) is 13.4. The molecule has 0 saturated carbocycles. The van der Waals surface area contributed by atoms with Crippen molar-refractivity contribution in [3.05, 3.63) is 58.6 Å². The summed E-state index contributed by atoms with van der Waals surface area (Å²) >= 11 is 6.21. The van der Waals surface area contributed by atoms with Crippen molar-refractivity contribution in [3.8, 4) is 0 Å². The van der Waals surface area contributed by atoms with E-state index in [0.29, 0.717) is 5.02 Å². The van der Waals surface area contributed by atoms with Crippen LogP contribution in [0.3, 0.4) is 0 Å². The molecule has 0 spiro atoms. The van der Waals surface area contributed by atoms with Crippen molar-refractivity contribution in [2.75, 3.05) is 11.4 Å². The molecular formula is C15H12ClNO2. The average molecular weight is 274 g/mol. The highest BCUT2D eigenvalue weighted by atomic mass is 35.5. The van der Waals surface area contributed by atoms with E-state index in [1.165, 1.54) is 11.6 Å². The maximum absolute atomic E-state index is 11.1. The predicted molar refractivity (Wildman–Crippen MR) is 75.6 cm³/mol. The quantitative estimate of drug-likeness (QED) is 0.906. The van der Waals surface area contributed by atoms with E-state index in [-0.39, 0.29) is 5.56 Å². The molecule has 96 valence electrons. The maximum Gasteiger partial charge on any atom is 0.335 e. The van der Waals surface area contributed by atoms with E-state index in [2.05, 4.69) is 11.0 Å². The van der Waals surface area contributed by atoms with E-state index in [1.54, 1.807) is 12.1 Å². The van der Waals surface area contributed by atoms with Crippen LogP contribution in [0.2, 0.25) is 5.02 Å². The van der Waals surface area contributed by atoms with Gasteiger partial charge in [0.25, 0.3) is 0 Å². The molecule has 3 rings (SSSR count). The number of hydrogen-bond acceptors (Lipinski definition) is 2. The van der Waals surface area contributed by atoms with Crippen LogP contribution in [0.25, 0.3) is 0 Å². The largest absolute Gasteiger partial charge is 0.478 e. The summed E-state index contributed by atoms with van der Waals surface area (Å²) in [6, 6.07) is 12.9. The molecule has 1 aliphatic heterocycles. The molecule has 0 atom stereocenters. The number of nitrogens with zero attached hydrogens (tertiary/aromatic N) is 1. The molecule has 0 radical (unpaired) electrons. The number of fused-ring (bicyclic) bond motifs is 1. The number of carbonyl (C=O) groups is 1. The number of halogens is 1. The minimum absolute atomic E-state index is 0.254. The summed E-state index contributed by atoms with van der Waals surface area (Å²) in [7, 11) is 0. The standard InChI is InChI=1S/C15H12ClNO2/c16-12-6-5-11(15(18)19)9-14(12)17-8-7-10-3-1-2-4-13(10)17/h1-6,9H,7-8H2,(H,18,19). The lowest BCUT2D eigenvalue weighted by atomic mass is 10.1. The van der Waals surface area contributed by atoms with Gasteiger partial charge < -0.3 is 10.0 Å². The smallest absolute Gasteiger partial charge is 0.335 e. The Morgan fingerprint density at radius 1 is 1.16 bits per heavy atom. The average Bonchev–Trinajstić information content (AvgIpc) is 2.83. The van der Waals surface area contributed by atoms with E-state index in [0.717, 1.165) is 24.3 Å². The second kappa shape index (κ2) is 4.59. The van der Waals surface area contributed by atoms with Gasteiger partial charge >= 0.3 is 5.97 Å². The Morgan fingerprint density at radius 2 is 1.95 bits per heavy atom. The van der Waals surface area contributed by atoms with Gasteiger partial charge in [0.2, 0.25) is 0 Å². The van der Waals surface area contributed by atoms with Crippen LogP contribution >= 0.6 is 11.6 Å². The molecule has 19 heavy (non-hydrogen) atoms. The van der Waals surface area contributed by atoms with Gasteiger partial charge in [-0.2, -0.15) is 0 Å². The molecule has 1 heterocycles. The molecule has 0 saturated heterocycles. The third-order valence-corrected chi connectivity index (χ3v) is 3.69. The van der Waals surface area contributed by atoms with Gasteiger partial charge in [0.1, 0.15) is 0 Å². The van der Waals surface area contributed by atoms with Gasteiger partial charge in [0, 0.05) is 12.2 Å². The van der Waals surface area contributed by atoms with Crippen LogP contribution in [-0.4, -0.2) is 17.6 Å². The Balaban J connectivity index is 2.09. The van der Waals surface area contributed by atoms with E-state index in [9.17, 15) is 4.79 Å². The van der Waals surface area contributed by atoms with Crippen molar-refractivity contribution in [3.63, 3.8) is 0 Å². The molecule has 2 aromatic rings. The number of benzene rings is 2. The summed E-state index contributed by atoms with van der Waals surface area (Å²) < 4.78 is 0. The summed E-state index contributed by atoms with van der Waals surface area (Å²) in [5.41, 5.74) is 3.38. The van der Waals surface area contributed by atoms with Gasteiger partial charge in [-0.1, -0.05) is 29.8 Å². The predicted octanol–water partition coefficient (Wildman–Crippen LogP) is 3.73. The lowest BCUT2D eigenvalue weighted by Crippen LogP contribution is -2.14. The lowest BCUT2D eigenvalue weighted by molar-refractivity contribution is 0.0697. The summed E-state index contributed by atoms with van der Waals surface area (Å²) in [5.74, 6) is -0.939. The highest BCUT2D eigenvalue weighted by molar-refractivity contribution is 6.33. The number of anilines is 2. The molecule has 0 bridgehead atoms. The number of carboxylic acids is 1. The number of aromatic carboxylic acids is 1. The van der Waals surface area contributed by atoms with E-state index in [4.69, 9.17) is 16.7 Å². The zero-order valence-corrected chi connectivity index (χ0v) is 10.9. The van der Waals surface area contributed by atoms with E-state index in [1.807, 2.05) is 18.2 Å². The Labute approximate surface area is 116 Å². The van der Waals surface area contributed by atoms with Crippen LogP contribution in [0.1, 0.15) is 15.9 Å². The minimum atomic E-state index is -0.939. The highest BCUT2D eigenvalue weighted by Crippen LogP contribution is 2.38. The third-order valence-electron chi connectivity index (χ3n) is 3.37. The summed E-state index contributed by atoms with van der Waals surface area (Å²) in [6.45, 7) is 0.822. The van der Waals surface area contributed by atoms with E-state index < -0.39 is 5.97 Å². The van der Waals surface area contributed by atoms with Gasteiger partial charge in [-0.05, 0) is 36.2 Å². The number of rotatable bonds is 2. The number of para-hydroxylation sites is 1. The molecule has 0 fully saturated rings. The molecule has 0 amide bonds. The molecule has 0 aliphatic carbocycles. The summed E-state index contributed by atoms with van der Waals surface area (Å²) in [6.07, 6.45) is 0.948. The van der Waals surface area contributed by atoms with Crippen LogP contribution in [0, 0.1) is 0 Å². The first-order valence-electron chi connectivity index (χ1n) is 6.05. The first kappa shape index (κ1) is 12.1. The third kappa shape index (κ3) is 2.06. The summed E-state index contributed by atoms with van der Waals surface area (Å²) in [4.78, 5) is 13.1. The molecule has 1 N–H and O–H groups in total. The van der Waals surface area contributed by atoms with Gasteiger partial charge in [-0.15, -0.1) is 0 Å². The van der Waals surface area contributed by atoms with Crippen molar-refractivity contribution in [2.24, 2.45) is 0 Å². The second-order valence-corrected chi connectivity index (χ2v) is 4.91. The van der Waals surface area contributed by atoms with Crippen LogP contribution in [-0.2, 0) is 6.42 Å². The molecular weight excluding hydrogens is 262 g/mol. The second-order valence-electron chi connectivity index (χ2n) is 4.50. The Hall–Kier alpha value is -2.00. The zero-order valence-electron chi connectivity index (χ0n) is 10.1. The first-order chi connectivity index (χ1) is 9.16. The SMILES string of the molecule is O=C(O)c1ccc(Cl)c(N2CCc3ccccc32)c1. The maximum atomic E-state index is 11.1. The number of carboxylic acid groups (broad SMARTS) is 1. The fourth-order valence-corrected chi connectivity index (χ4v) is 2.66. The highest BCUT2D eigenvalue weighted by Gasteiger charge is 2.22. The van der Waals surface area contributed by atoms with Crippen molar-refractivity contribution >= 4 is 28.9 Å². The first-order valence-corrected chi connectivity index (χ1v) is 6.43. The van der Waals surface area contributed by atoms with Crippen LogP contribution in [0.4, 0.5) is 11.4 Å². The van der Waals surface area contributed by atoms with Crippen molar-refractivity contribution in [1.29, 1.82) is 0 Å². The van der Waals surface area contributed by atoms with Gasteiger partial charge in [0.05, 0.1) is 16.3 Å². The lowest BCUT2D eigenvalue weighted by Gasteiger charge is -2.21. The molecule has 4 heteroatoms. The summed E-state index contributed by atoms with van der Waals surface area (Å²) in [5, 5.41) is 9.65. The van der Waals surface area contributed by atoms with Gasteiger partial charge in [-0.25, -0.2) is 4.79 Å². The Morgan fingerprint density at radius 3 is 2.74 bits per heavy atom. The Kier molecular flexibility index (Phi) is 2.91. The van der Waals surface area contributed by atoms with Crippen molar-refractivity contribution in [2.45, 2.75) is 6.42 Å². The zero-order chi connectivity index (χ0) is 13.4. The van der Waals surface area contributed by atoms with Crippen LogP contribution in [0.15, 0.2) is 42.5 Å². The van der Waals surface area contributed by atoms with E-state index >= 15 is 0 Å². The Bertz CT molecular complexity index is 654. The fraction of sp³-hybridized carbons (Fsp3) is 0.133. The van der Waals surface area contributed by atoms with Gasteiger partial charge in [0.15, 0.2) is 0 Å². The van der Waals surface area contributed by atoms with Gasteiger partial charge in [-0.3, -0.25) is 0 Å². The van der Waals surface area contributed by atoms with Crippen LogP contribution in [0.5, 0.6) is 0 Å². The molecule has 3 nitrogen and oxygen atoms in total. The van der Waals surface area contributed by atoms with Crippen LogP contribution < -0.4 is 4.90 Å². The molecule has 0 unspecified atom stereocenters. The minimum Gasteiger partial charge on any atom is -0.478 e. The molecule has 2 aromatic carbocycles. The van der Waals surface area contributed by atoms with Crippen molar-refractivity contribution in [1.82, 2.24) is 0 Å². The molecule has 0 aromatic heterocycles. The van der Waals surface area contributed by atoms with Crippen molar-refractivity contribution < 1.29 is 9.90 Å². The topological polar surface area (TPSA) is 40.5 Å².